The Hall–Kier alpha value is -2.25. The minimum atomic E-state index is -3.43. The van der Waals surface area contributed by atoms with E-state index in [-0.39, 0.29) is 28.9 Å². The van der Waals surface area contributed by atoms with Gasteiger partial charge in [-0.15, -0.1) is 11.3 Å². The maximum atomic E-state index is 12.7. The minimum Gasteiger partial charge on any atom is -0.342 e. The number of hydrogen-bond acceptors (Lipinski definition) is 5. The van der Waals surface area contributed by atoms with E-state index in [1.54, 1.807) is 46.6 Å². The van der Waals surface area contributed by atoms with Crippen molar-refractivity contribution in [2.24, 2.45) is 0 Å². The van der Waals surface area contributed by atoms with Crippen molar-refractivity contribution < 1.29 is 13.2 Å². The smallest absolute Gasteiger partial charge is 0.223 e. The summed E-state index contributed by atoms with van der Waals surface area (Å²) in [4.78, 5) is 19.5. The average molecular weight is 415 g/mol. The van der Waals surface area contributed by atoms with Crippen molar-refractivity contribution in [3.63, 3.8) is 0 Å². The molecule has 1 amide bonds. The Morgan fingerprint density at radius 2 is 1.86 bits per heavy atom. The van der Waals surface area contributed by atoms with Crippen LogP contribution in [-0.2, 0) is 14.6 Å². The normalized spacial score (nSPS) is 17.7. The number of amides is 1. The predicted molar refractivity (Wildman–Crippen MR) is 111 cm³/mol. The highest BCUT2D eigenvalue weighted by Gasteiger charge is 2.27. The van der Waals surface area contributed by atoms with Crippen molar-refractivity contribution in [1.82, 2.24) is 9.88 Å². The summed E-state index contributed by atoms with van der Waals surface area (Å²) in [6.07, 6.45) is 1.94. The van der Waals surface area contributed by atoms with Crippen LogP contribution in [0.1, 0.15) is 30.2 Å². The SMILES string of the molecule is O=C(CCS(=O)(=O)c1ccccc1)N1CCC[C@@H](c2nc3ccccc3s2)C1. The van der Waals surface area contributed by atoms with Crippen LogP contribution >= 0.6 is 11.3 Å². The zero-order valence-corrected chi connectivity index (χ0v) is 17.1. The van der Waals surface area contributed by atoms with Crippen molar-refractivity contribution >= 4 is 37.3 Å². The third-order valence-corrected chi connectivity index (χ3v) is 8.05. The van der Waals surface area contributed by atoms with Crippen molar-refractivity contribution in [2.75, 3.05) is 18.8 Å². The van der Waals surface area contributed by atoms with Gasteiger partial charge in [0.05, 0.1) is 25.9 Å². The Labute approximate surface area is 168 Å². The maximum absolute atomic E-state index is 12.7. The van der Waals surface area contributed by atoms with Gasteiger partial charge in [-0.3, -0.25) is 4.79 Å². The van der Waals surface area contributed by atoms with Gasteiger partial charge >= 0.3 is 0 Å². The first-order chi connectivity index (χ1) is 13.5. The van der Waals surface area contributed by atoms with Crippen LogP contribution < -0.4 is 0 Å². The van der Waals surface area contributed by atoms with E-state index < -0.39 is 9.84 Å². The second-order valence-corrected chi connectivity index (χ2v) is 10.3. The largest absolute Gasteiger partial charge is 0.342 e. The summed E-state index contributed by atoms with van der Waals surface area (Å²) < 4.78 is 26.0. The van der Waals surface area contributed by atoms with Crippen molar-refractivity contribution in [3.05, 3.63) is 59.6 Å². The van der Waals surface area contributed by atoms with Gasteiger partial charge in [0.15, 0.2) is 9.84 Å². The molecular weight excluding hydrogens is 392 g/mol. The van der Waals surface area contributed by atoms with Gasteiger partial charge in [-0.2, -0.15) is 0 Å². The fourth-order valence-electron chi connectivity index (χ4n) is 3.60. The van der Waals surface area contributed by atoms with E-state index in [0.717, 1.165) is 28.1 Å². The zero-order valence-electron chi connectivity index (χ0n) is 15.5. The summed E-state index contributed by atoms with van der Waals surface area (Å²) in [5, 5.41) is 1.07. The molecule has 1 aliphatic rings. The molecule has 28 heavy (non-hydrogen) atoms. The van der Waals surface area contributed by atoms with Crippen LogP contribution in [0.15, 0.2) is 59.5 Å². The molecule has 7 heteroatoms. The molecule has 1 saturated heterocycles. The number of nitrogens with zero attached hydrogens (tertiary/aromatic N) is 2. The molecule has 0 saturated carbocycles. The lowest BCUT2D eigenvalue weighted by Crippen LogP contribution is -2.39. The molecule has 1 atom stereocenters. The second-order valence-electron chi connectivity index (χ2n) is 7.08. The molecule has 0 spiro atoms. The molecule has 1 aliphatic heterocycles. The lowest BCUT2D eigenvalue weighted by atomic mass is 9.98. The number of fused-ring (bicyclic) bond motifs is 1. The van der Waals surface area contributed by atoms with E-state index in [9.17, 15) is 13.2 Å². The summed E-state index contributed by atoms with van der Waals surface area (Å²) in [5.74, 6) is -0.0239. The number of hydrogen-bond donors (Lipinski definition) is 0. The molecule has 2 heterocycles. The molecule has 1 aromatic heterocycles. The first-order valence-electron chi connectivity index (χ1n) is 9.44. The number of carbonyl (C=O) groups excluding carboxylic acids is 1. The number of piperidine rings is 1. The number of carbonyl (C=O) groups is 1. The minimum absolute atomic E-state index is 0.0177. The molecule has 0 radical (unpaired) electrons. The number of aromatic nitrogens is 1. The van der Waals surface area contributed by atoms with Crippen molar-refractivity contribution in [2.45, 2.75) is 30.1 Å². The molecule has 2 aromatic carbocycles. The van der Waals surface area contributed by atoms with Crippen LogP contribution in [0.3, 0.4) is 0 Å². The Bertz CT molecular complexity index is 1040. The average Bonchev–Trinajstić information content (AvgIpc) is 3.17. The predicted octanol–water partition coefficient (Wildman–Crippen LogP) is 3.87. The second kappa shape index (κ2) is 8.01. The van der Waals surface area contributed by atoms with Crippen LogP contribution in [-0.4, -0.2) is 43.1 Å². The summed E-state index contributed by atoms with van der Waals surface area (Å²) in [6.45, 7) is 1.30. The number of benzene rings is 2. The maximum Gasteiger partial charge on any atom is 0.223 e. The summed E-state index contributed by atoms with van der Waals surface area (Å²) in [5.41, 5.74) is 1.000. The third-order valence-electron chi connectivity index (χ3n) is 5.12. The van der Waals surface area contributed by atoms with Gasteiger partial charge in [0.1, 0.15) is 0 Å². The van der Waals surface area contributed by atoms with Gasteiger partial charge < -0.3 is 4.90 Å². The van der Waals surface area contributed by atoms with Gasteiger partial charge in [0, 0.05) is 25.4 Å². The molecule has 4 rings (SSSR count). The van der Waals surface area contributed by atoms with Gasteiger partial charge in [-0.25, -0.2) is 13.4 Å². The number of thiazole rings is 1. The van der Waals surface area contributed by atoms with Gasteiger partial charge in [-0.1, -0.05) is 30.3 Å². The fourth-order valence-corrected chi connectivity index (χ4v) is 5.94. The number of likely N-dealkylation sites (tertiary alicyclic amines) is 1. The zero-order chi connectivity index (χ0) is 19.6. The topological polar surface area (TPSA) is 67.3 Å². The van der Waals surface area contributed by atoms with Gasteiger partial charge in [0.25, 0.3) is 0 Å². The van der Waals surface area contributed by atoms with Crippen LogP contribution in [0.4, 0.5) is 0 Å². The summed E-state index contributed by atoms with van der Waals surface area (Å²) in [7, 11) is -3.43. The Balaban J connectivity index is 1.41. The highest BCUT2D eigenvalue weighted by atomic mass is 32.2. The number of rotatable bonds is 5. The number of para-hydroxylation sites is 1. The molecular formula is C21H22N2O3S2. The van der Waals surface area contributed by atoms with E-state index in [0.29, 0.717) is 13.1 Å². The van der Waals surface area contributed by atoms with E-state index in [1.165, 1.54) is 0 Å². The van der Waals surface area contributed by atoms with Crippen LogP contribution in [0.25, 0.3) is 10.2 Å². The van der Waals surface area contributed by atoms with Gasteiger partial charge in [0.2, 0.25) is 5.91 Å². The first-order valence-corrected chi connectivity index (χ1v) is 11.9. The summed E-state index contributed by atoms with van der Waals surface area (Å²) in [6, 6.07) is 16.4. The van der Waals surface area contributed by atoms with Crippen LogP contribution in [0.5, 0.6) is 0 Å². The van der Waals surface area contributed by atoms with Crippen LogP contribution in [0, 0.1) is 0 Å². The molecule has 0 aliphatic carbocycles. The Kier molecular flexibility index (Phi) is 5.46. The highest BCUT2D eigenvalue weighted by molar-refractivity contribution is 7.91. The van der Waals surface area contributed by atoms with Crippen molar-refractivity contribution in [1.29, 1.82) is 0 Å². The molecule has 0 unspecified atom stereocenters. The summed E-state index contributed by atoms with van der Waals surface area (Å²) >= 11 is 1.69. The number of sulfone groups is 1. The van der Waals surface area contributed by atoms with E-state index in [2.05, 4.69) is 6.07 Å². The fraction of sp³-hybridized carbons (Fsp3) is 0.333. The molecule has 5 nitrogen and oxygen atoms in total. The third kappa shape index (κ3) is 4.10. The molecule has 146 valence electrons. The van der Waals surface area contributed by atoms with Crippen LogP contribution in [0.2, 0.25) is 0 Å². The van der Waals surface area contributed by atoms with Crippen molar-refractivity contribution in [3.8, 4) is 0 Å². The van der Waals surface area contributed by atoms with E-state index >= 15 is 0 Å². The quantitative estimate of drug-likeness (QED) is 0.636. The highest BCUT2D eigenvalue weighted by Crippen LogP contribution is 2.33. The molecule has 0 bridgehead atoms. The molecule has 1 fully saturated rings. The molecule has 0 N–H and O–H groups in total. The molecule has 3 aromatic rings. The van der Waals surface area contributed by atoms with Gasteiger partial charge in [-0.05, 0) is 37.1 Å². The first kappa shape index (κ1) is 19.1. The lowest BCUT2D eigenvalue weighted by Gasteiger charge is -2.32. The van der Waals surface area contributed by atoms with E-state index in [1.807, 2.05) is 18.2 Å². The van der Waals surface area contributed by atoms with E-state index in [4.69, 9.17) is 4.98 Å². The standard InChI is InChI=1S/C21H22N2O3S2/c24-20(12-14-28(25,26)17-8-2-1-3-9-17)23-13-6-7-16(15-23)21-22-18-10-4-5-11-19(18)27-21/h1-5,8-11,16H,6-7,12-15H2/t16-/m1/s1. The Morgan fingerprint density at radius 1 is 1.11 bits per heavy atom. The lowest BCUT2D eigenvalue weighted by molar-refractivity contribution is -0.131. The Morgan fingerprint density at radius 3 is 2.64 bits per heavy atom. The monoisotopic (exact) mass is 414 g/mol.